The summed E-state index contributed by atoms with van der Waals surface area (Å²) in [5, 5.41) is 1.22. The number of hydrogen-bond donors (Lipinski definition) is 1. The Morgan fingerprint density at radius 3 is 2.66 bits per heavy atom. The second-order valence-electron chi connectivity index (χ2n) is 12.9. The van der Waals surface area contributed by atoms with Crippen LogP contribution in [0.1, 0.15) is 61.9 Å². The Hall–Kier alpha value is -3.58. The smallest absolute Gasteiger partial charge is 0.254 e. The van der Waals surface area contributed by atoms with Gasteiger partial charge in [-0.25, -0.2) is 4.98 Å². The van der Waals surface area contributed by atoms with Gasteiger partial charge in [-0.3, -0.25) is 4.79 Å². The molecule has 2 bridgehead atoms. The van der Waals surface area contributed by atoms with Crippen LogP contribution < -0.4 is 10.5 Å². The van der Waals surface area contributed by atoms with Gasteiger partial charge in [-0.2, -0.15) is 0 Å². The standard InChI is InChI=1S/C34H41N5O2/c1-20(2)6-5-7-21-10-11-23-16-29(38(28(23)14-21)18-22-8-9-22)33-36-26-15-25(17-30(41-4)32(26)37(33)3)34(40)39-19-24-12-13-27(39)31(24)35/h5,7,10-11,14-17,20,22,24,27,31H,6,8-9,12-13,18-19,35H2,1-4H3/b7-5+/t24-,27-,31+/m1/s1. The van der Waals surface area contributed by atoms with E-state index >= 15 is 0 Å². The maximum absolute atomic E-state index is 13.7. The summed E-state index contributed by atoms with van der Waals surface area (Å²) in [6, 6.07) is 13.1. The van der Waals surface area contributed by atoms with Crippen molar-refractivity contribution < 1.29 is 9.53 Å². The van der Waals surface area contributed by atoms with E-state index in [1.54, 1.807) is 7.11 Å². The molecule has 2 saturated carbocycles. The van der Waals surface area contributed by atoms with Crippen LogP contribution in [0.25, 0.3) is 39.5 Å². The van der Waals surface area contributed by atoms with Crippen molar-refractivity contribution in [3.63, 3.8) is 0 Å². The fourth-order valence-electron chi connectivity index (χ4n) is 7.06. The van der Waals surface area contributed by atoms with E-state index in [4.69, 9.17) is 15.5 Å². The third-order valence-electron chi connectivity index (χ3n) is 9.53. The van der Waals surface area contributed by atoms with Crippen molar-refractivity contribution in [1.29, 1.82) is 0 Å². The van der Waals surface area contributed by atoms with Crippen molar-refractivity contribution >= 4 is 33.9 Å². The molecule has 2 aliphatic carbocycles. The largest absolute Gasteiger partial charge is 0.494 e. The van der Waals surface area contributed by atoms with Gasteiger partial charge in [-0.05, 0) is 79.7 Å². The van der Waals surface area contributed by atoms with E-state index in [1.807, 2.05) is 24.1 Å². The number of piperidine rings is 1. The Kier molecular flexibility index (Phi) is 6.45. The number of benzene rings is 2. The number of rotatable bonds is 8. The number of nitrogens with two attached hydrogens (primary N) is 1. The van der Waals surface area contributed by atoms with Crippen LogP contribution in [-0.2, 0) is 13.6 Å². The summed E-state index contributed by atoms with van der Waals surface area (Å²) in [4.78, 5) is 20.8. The average molecular weight is 552 g/mol. The molecule has 3 aliphatic rings. The zero-order valence-corrected chi connectivity index (χ0v) is 24.6. The van der Waals surface area contributed by atoms with E-state index in [0.717, 1.165) is 54.9 Å². The molecule has 7 nitrogen and oxygen atoms in total. The summed E-state index contributed by atoms with van der Waals surface area (Å²) in [5.74, 6) is 3.35. The molecule has 2 aromatic heterocycles. The number of imidazole rings is 1. The lowest BCUT2D eigenvalue weighted by Crippen LogP contribution is -2.41. The van der Waals surface area contributed by atoms with Gasteiger partial charge in [0.25, 0.3) is 5.91 Å². The average Bonchev–Trinajstić information content (AvgIpc) is 3.37. The van der Waals surface area contributed by atoms with Gasteiger partial charge < -0.3 is 24.5 Å². The highest BCUT2D eigenvalue weighted by Crippen LogP contribution is 2.40. The van der Waals surface area contributed by atoms with Crippen LogP contribution in [0, 0.1) is 17.8 Å². The molecule has 1 amide bonds. The summed E-state index contributed by atoms with van der Waals surface area (Å²) in [6.07, 6.45) is 10.2. The van der Waals surface area contributed by atoms with Crippen LogP contribution in [0.3, 0.4) is 0 Å². The molecular formula is C34H41N5O2. The third kappa shape index (κ3) is 4.55. The van der Waals surface area contributed by atoms with Gasteiger partial charge in [0, 0.05) is 48.7 Å². The van der Waals surface area contributed by atoms with Crippen LogP contribution in [0.15, 0.2) is 42.5 Å². The SMILES string of the molecule is COc1cc(C(=O)N2C[C@H]3CC[C@@H]2[C@H]3N)cc2nc(-c3cc4ccc(/C=C/CC(C)C)cc4n3CC3CC3)n(C)c12. The van der Waals surface area contributed by atoms with Gasteiger partial charge in [-0.15, -0.1) is 0 Å². The first-order valence-corrected chi connectivity index (χ1v) is 15.2. The molecule has 41 heavy (non-hydrogen) atoms. The number of methoxy groups -OCH3 is 1. The molecule has 2 N–H and O–H groups in total. The summed E-state index contributed by atoms with van der Waals surface area (Å²) in [7, 11) is 3.72. The molecule has 3 atom stereocenters. The number of allylic oxidation sites excluding steroid dienone is 1. The van der Waals surface area contributed by atoms with Gasteiger partial charge in [-0.1, -0.05) is 38.1 Å². The maximum atomic E-state index is 13.7. The van der Waals surface area contributed by atoms with E-state index in [0.29, 0.717) is 29.1 Å². The predicted molar refractivity (Wildman–Crippen MR) is 165 cm³/mol. The van der Waals surface area contributed by atoms with Crippen LogP contribution >= 0.6 is 0 Å². The molecule has 7 heteroatoms. The number of fused-ring (bicyclic) bond motifs is 4. The van der Waals surface area contributed by atoms with Crippen molar-refractivity contribution in [2.24, 2.45) is 30.5 Å². The normalized spacial score (nSPS) is 22.3. The minimum atomic E-state index is 0.0287. The van der Waals surface area contributed by atoms with Crippen molar-refractivity contribution in [2.45, 2.75) is 64.6 Å². The summed E-state index contributed by atoms with van der Waals surface area (Å²) in [5.41, 5.74) is 12.3. The van der Waals surface area contributed by atoms with Crippen molar-refractivity contribution in [3.05, 3.63) is 53.6 Å². The predicted octanol–water partition coefficient (Wildman–Crippen LogP) is 6.23. The molecule has 0 spiro atoms. The zero-order chi connectivity index (χ0) is 28.4. The fourth-order valence-corrected chi connectivity index (χ4v) is 7.06. The number of ether oxygens (including phenoxy) is 1. The van der Waals surface area contributed by atoms with Crippen molar-refractivity contribution in [1.82, 2.24) is 19.0 Å². The van der Waals surface area contributed by atoms with Gasteiger partial charge >= 0.3 is 0 Å². The number of amides is 1. The Balaban J connectivity index is 1.31. The number of hydrogen-bond acceptors (Lipinski definition) is 4. The van der Waals surface area contributed by atoms with Crippen LogP contribution in [0.2, 0.25) is 0 Å². The Morgan fingerprint density at radius 1 is 1.15 bits per heavy atom. The molecule has 1 saturated heterocycles. The van der Waals surface area contributed by atoms with Gasteiger partial charge in [0.15, 0.2) is 5.82 Å². The second kappa shape index (κ2) is 10.1. The van der Waals surface area contributed by atoms with E-state index in [-0.39, 0.29) is 18.0 Å². The number of likely N-dealkylation sites (tertiary alicyclic amines) is 1. The zero-order valence-electron chi connectivity index (χ0n) is 24.6. The summed E-state index contributed by atoms with van der Waals surface area (Å²) >= 11 is 0. The highest BCUT2D eigenvalue weighted by atomic mass is 16.5. The molecule has 1 aliphatic heterocycles. The molecule has 2 aromatic carbocycles. The number of nitrogens with zero attached hydrogens (tertiary/aromatic N) is 4. The molecule has 0 unspecified atom stereocenters. The number of aryl methyl sites for hydroxylation is 1. The molecule has 214 valence electrons. The summed E-state index contributed by atoms with van der Waals surface area (Å²) < 4.78 is 10.4. The van der Waals surface area contributed by atoms with E-state index < -0.39 is 0 Å². The van der Waals surface area contributed by atoms with Crippen molar-refractivity contribution in [3.8, 4) is 17.3 Å². The first-order chi connectivity index (χ1) is 19.8. The number of carbonyl (C=O) groups excluding carboxylic acids is 1. The Labute approximate surface area is 242 Å². The molecule has 0 radical (unpaired) electrons. The van der Waals surface area contributed by atoms with E-state index in [9.17, 15) is 4.79 Å². The fraction of sp³-hybridized carbons (Fsp3) is 0.471. The first kappa shape index (κ1) is 26.3. The minimum Gasteiger partial charge on any atom is -0.494 e. The Morgan fingerprint density at radius 2 is 1.98 bits per heavy atom. The second-order valence-corrected chi connectivity index (χ2v) is 12.9. The molecular weight excluding hydrogens is 510 g/mol. The minimum absolute atomic E-state index is 0.0287. The lowest BCUT2D eigenvalue weighted by molar-refractivity contribution is 0.0700. The summed E-state index contributed by atoms with van der Waals surface area (Å²) in [6.45, 7) is 6.22. The maximum Gasteiger partial charge on any atom is 0.254 e. The number of aromatic nitrogens is 3. The van der Waals surface area contributed by atoms with Gasteiger partial charge in [0.2, 0.25) is 0 Å². The van der Waals surface area contributed by atoms with E-state index in [2.05, 4.69) is 59.4 Å². The molecule has 3 fully saturated rings. The topological polar surface area (TPSA) is 78.3 Å². The first-order valence-electron chi connectivity index (χ1n) is 15.2. The molecule has 7 rings (SSSR count). The molecule has 4 aromatic rings. The van der Waals surface area contributed by atoms with Crippen LogP contribution in [0.5, 0.6) is 5.75 Å². The van der Waals surface area contributed by atoms with Gasteiger partial charge in [0.1, 0.15) is 11.3 Å². The van der Waals surface area contributed by atoms with Crippen LogP contribution in [0.4, 0.5) is 0 Å². The lowest BCUT2D eigenvalue weighted by Gasteiger charge is -2.27. The molecule has 3 heterocycles. The third-order valence-corrected chi connectivity index (χ3v) is 9.53. The quantitative estimate of drug-likeness (QED) is 0.281. The van der Waals surface area contributed by atoms with E-state index in [1.165, 1.54) is 29.3 Å². The number of carbonyl (C=O) groups is 1. The van der Waals surface area contributed by atoms with Crippen LogP contribution in [-0.4, -0.2) is 50.7 Å². The highest BCUT2D eigenvalue weighted by Gasteiger charge is 2.47. The lowest BCUT2D eigenvalue weighted by atomic mass is 10.1. The Bertz CT molecular complexity index is 1670. The highest BCUT2D eigenvalue weighted by molar-refractivity contribution is 6.00. The van der Waals surface area contributed by atoms with Gasteiger partial charge in [0.05, 0.1) is 18.3 Å². The van der Waals surface area contributed by atoms with Crippen molar-refractivity contribution in [2.75, 3.05) is 13.7 Å². The monoisotopic (exact) mass is 551 g/mol.